The van der Waals surface area contributed by atoms with Crippen molar-refractivity contribution < 1.29 is 23.9 Å². The molecule has 1 heterocycles. The molecule has 0 radical (unpaired) electrons. The summed E-state index contributed by atoms with van der Waals surface area (Å²) in [7, 11) is 1.45. The second-order valence-electron chi connectivity index (χ2n) is 5.81. The van der Waals surface area contributed by atoms with Gasteiger partial charge in [0.25, 0.3) is 11.8 Å². The van der Waals surface area contributed by atoms with E-state index in [-0.39, 0.29) is 17.9 Å². The molecule has 2 aromatic carbocycles. The molecule has 29 heavy (non-hydrogen) atoms. The number of amides is 4. The quantitative estimate of drug-likeness (QED) is 0.426. The first-order valence-corrected chi connectivity index (χ1v) is 9.16. The van der Waals surface area contributed by atoms with Gasteiger partial charge in [0.15, 0.2) is 11.5 Å². The molecule has 4 amide bonds. The predicted octanol–water partition coefficient (Wildman–Crippen LogP) is 3.14. The molecule has 1 N–H and O–H groups in total. The van der Waals surface area contributed by atoms with Crippen LogP contribution in [0.2, 0.25) is 0 Å². The van der Waals surface area contributed by atoms with Crippen molar-refractivity contribution in [3.8, 4) is 23.8 Å². The summed E-state index contributed by atoms with van der Waals surface area (Å²) in [6, 6.07) is 10.8. The van der Waals surface area contributed by atoms with E-state index in [1.165, 1.54) is 13.2 Å². The summed E-state index contributed by atoms with van der Waals surface area (Å²) in [4.78, 5) is 38.5. The minimum atomic E-state index is -0.820. The number of hydrogen-bond donors (Lipinski definition) is 1. The lowest BCUT2D eigenvalue weighted by atomic mass is 10.1. The number of ether oxygens (including phenoxy) is 2. The van der Waals surface area contributed by atoms with E-state index in [9.17, 15) is 14.4 Å². The second-order valence-corrected chi connectivity index (χ2v) is 6.73. The van der Waals surface area contributed by atoms with E-state index in [2.05, 4.69) is 27.2 Å². The molecule has 1 fully saturated rings. The summed E-state index contributed by atoms with van der Waals surface area (Å²) in [5, 5.41) is 2.18. The zero-order valence-corrected chi connectivity index (χ0v) is 16.9. The molecule has 0 saturated carbocycles. The molecule has 1 saturated heterocycles. The molecule has 2 aromatic rings. The van der Waals surface area contributed by atoms with Gasteiger partial charge in [-0.05, 0) is 30.3 Å². The number of carbonyl (C=O) groups excluding carboxylic acids is 3. The van der Waals surface area contributed by atoms with Gasteiger partial charge in [-0.3, -0.25) is 14.9 Å². The monoisotopic (exact) mass is 454 g/mol. The van der Waals surface area contributed by atoms with Crippen LogP contribution in [0, 0.1) is 12.3 Å². The SMILES string of the molecule is C#CCOc1c(/C=C2\C(=O)NC(=O)N(c3ccccc3)C2=O)cc(Br)cc1OC. The van der Waals surface area contributed by atoms with E-state index >= 15 is 0 Å². The Bertz CT molecular complexity index is 1060. The zero-order chi connectivity index (χ0) is 21.0. The molecule has 1 aliphatic rings. The van der Waals surface area contributed by atoms with Crippen molar-refractivity contribution in [3.05, 3.63) is 58.1 Å². The minimum absolute atomic E-state index is 0.0388. The Morgan fingerprint density at radius 3 is 2.59 bits per heavy atom. The number of benzene rings is 2. The number of para-hydroxylation sites is 1. The number of carbonyl (C=O) groups is 3. The van der Waals surface area contributed by atoms with E-state index in [4.69, 9.17) is 15.9 Å². The van der Waals surface area contributed by atoms with Crippen molar-refractivity contribution in [2.24, 2.45) is 0 Å². The van der Waals surface area contributed by atoms with Gasteiger partial charge in [0.05, 0.1) is 12.8 Å². The molecule has 3 rings (SSSR count). The molecule has 0 spiro atoms. The largest absolute Gasteiger partial charge is 0.493 e. The number of halogens is 1. The Morgan fingerprint density at radius 1 is 1.21 bits per heavy atom. The Hall–Kier alpha value is -3.57. The number of nitrogens with zero attached hydrogens (tertiary/aromatic N) is 1. The lowest BCUT2D eigenvalue weighted by Crippen LogP contribution is -2.54. The van der Waals surface area contributed by atoms with Crippen molar-refractivity contribution >= 4 is 45.5 Å². The van der Waals surface area contributed by atoms with E-state index in [1.54, 1.807) is 42.5 Å². The van der Waals surface area contributed by atoms with Crippen LogP contribution in [0.3, 0.4) is 0 Å². The van der Waals surface area contributed by atoms with Crippen LogP contribution in [0.25, 0.3) is 6.08 Å². The fraction of sp³-hybridized carbons (Fsp3) is 0.0952. The molecular weight excluding hydrogens is 440 g/mol. The number of barbiturate groups is 1. The number of hydrogen-bond acceptors (Lipinski definition) is 5. The molecule has 7 nitrogen and oxygen atoms in total. The molecule has 0 atom stereocenters. The maximum Gasteiger partial charge on any atom is 0.335 e. The van der Waals surface area contributed by atoms with Gasteiger partial charge in [0.1, 0.15) is 12.2 Å². The summed E-state index contributed by atoms with van der Waals surface area (Å²) < 4.78 is 11.5. The predicted molar refractivity (Wildman–Crippen MR) is 110 cm³/mol. The van der Waals surface area contributed by atoms with E-state index in [0.29, 0.717) is 21.5 Å². The van der Waals surface area contributed by atoms with Crippen LogP contribution in [-0.4, -0.2) is 31.6 Å². The number of urea groups is 1. The number of terminal acetylenes is 1. The summed E-state index contributed by atoms with van der Waals surface area (Å²) in [5.41, 5.74) is 0.482. The summed E-state index contributed by atoms with van der Waals surface area (Å²) >= 11 is 3.35. The van der Waals surface area contributed by atoms with Gasteiger partial charge >= 0.3 is 6.03 Å². The van der Waals surface area contributed by atoms with Gasteiger partial charge in [-0.25, -0.2) is 9.69 Å². The molecule has 0 bridgehead atoms. The lowest BCUT2D eigenvalue weighted by molar-refractivity contribution is -0.122. The van der Waals surface area contributed by atoms with Crippen molar-refractivity contribution in [2.45, 2.75) is 0 Å². The highest BCUT2D eigenvalue weighted by molar-refractivity contribution is 9.10. The number of imide groups is 2. The topological polar surface area (TPSA) is 84.9 Å². The first-order valence-electron chi connectivity index (χ1n) is 8.36. The first-order chi connectivity index (χ1) is 14.0. The van der Waals surface area contributed by atoms with Crippen LogP contribution in [0.1, 0.15) is 5.56 Å². The van der Waals surface area contributed by atoms with Crippen LogP contribution in [-0.2, 0) is 9.59 Å². The lowest BCUT2D eigenvalue weighted by Gasteiger charge is -2.26. The highest BCUT2D eigenvalue weighted by Gasteiger charge is 2.37. The van der Waals surface area contributed by atoms with E-state index in [0.717, 1.165) is 4.90 Å². The normalized spacial score (nSPS) is 15.1. The Labute approximate surface area is 175 Å². The standard InChI is InChI=1S/C21H15BrN2O5/c1-3-9-29-18-13(10-14(22)12-17(18)28-2)11-16-19(25)23-21(27)24(20(16)26)15-7-5-4-6-8-15/h1,4-8,10-12H,9H2,2H3,(H,23,25,27)/b16-11+. The fourth-order valence-corrected chi connectivity index (χ4v) is 3.20. The van der Waals surface area contributed by atoms with Gasteiger partial charge in [-0.1, -0.05) is 40.0 Å². The zero-order valence-electron chi connectivity index (χ0n) is 15.3. The highest BCUT2D eigenvalue weighted by Crippen LogP contribution is 2.36. The van der Waals surface area contributed by atoms with Crippen molar-refractivity contribution in [1.82, 2.24) is 5.32 Å². The smallest absolute Gasteiger partial charge is 0.335 e. The molecular formula is C21H15BrN2O5. The summed E-state index contributed by atoms with van der Waals surface area (Å²) in [5.74, 6) is 1.42. The van der Waals surface area contributed by atoms with Gasteiger partial charge in [-0.2, -0.15) is 0 Å². The van der Waals surface area contributed by atoms with E-state index in [1.807, 2.05) is 0 Å². The van der Waals surface area contributed by atoms with Crippen molar-refractivity contribution in [3.63, 3.8) is 0 Å². The molecule has 8 heteroatoms. The van der Waals surface area contributed by atoms with Gasteiger partial charge in [0, 0.05) is 10.0 Å². The third kappa shape index (κ3) is 4.15. The van der Waals surface area contributed by atoms with Crippen LogP contribution < -0.4 is 19.7 Å². The second kappa shape index (κ2) is 8.63. The van der Waals surface area contributed by atoms with Crippen LogP contribution >= 0.6 is 15.9 Å². The van der Waals surface area contributed by atoms with Gasteiger partial charge in [-0.15, -0.1) is 6.42 Å². The summed E-state index contributed by atoms with van der Waals surface area (Å²) in [6.45, 7) is -0.0388. The Balaban J connectivity index is 2.10. The van der Waals surface area contributed by atoms with Crippen molar-refractivity contribution in [2.75, 3.05) is 18.6 Å². The molecule has 0 aliphatic carbocycles. The maximum atomic E-state index is 13.0. The maximum absolute atomic E-state index is 13.0. The minimum Gasteiger partial charge on any atom is -0.493 e. The van der Waals surface area contributed by atoms with E-state index < -0.39 is 17.8 Å². The number of rotatable bonds is 5. The Kier molecular flexibility index (Phi) is 6.00. The molecule has 1 aliphatic heterocycles. The number of methoxy groups -OCH3 is 1. The average Bonchev–Trinajstić information content (AvgIpc) is 2.70. The van der Waals surface area contributed by atoms with Crippen molar-refractivity contribution in [1.29, 1.82) is 0 Å². The fourth-order valence-electron chi connectivity index (χ4n) is 2.74. The third-order valence-electron chi connectivity index (χ3n) is 3.98. The van der Waals surface area contributed by atoms with Crippen LogP contribution in [0.4, 0.5) is 10.5 Å². The number of anilines is 1. The first kappa shape index (κ1) is 20.2. The number of nitrogens with one attached hydrogen (secondary N) is 1. The average molecular weight is 455 g/mol. The molecule has 0 unspecified atom stereocenters. The van der Waals surface area contributed by atoms with Crippen LogP contribution in [0.5, 0.6) is 11.5 Å². The summed E-state index contributed by atoms with van der Waals surface area (Å²) in [6.07, 6.45) is 6.60. The van der Waals surface area contributed by atoms with Crippen LogP contribution in [0.15, 0.2) is 52.5 Å². The molecule has 146 valence electrons. The van der Waals surface area contributed by atoms with Gasteiger partial charge in [0.2, 0.25) is 0 Å². The molecule has 0 aromatic heterocycles. The third-order valence-corrected chi connectivity index (χ3v) is 4.44. The Morgan fingerprint density at radius 2 is 1.93 bits per heavy atom. The van der Waals surface area contributed by atoms with Gasteiger partial charge < -0.3 is 9.47 Å². The highest BCUT2D eigenvalue weighted by atomic mass is 79.9.